The number of fused-ring (bicyclic) bond motifs is 1. The van der Waals surface area contributed by atoms with E-state index in [9.17, 15) is 9.59 Å². The van der Waals surface area contributed by atoms with E-state index >= 15 is 0 Å². The zero-order valence-electron chi connectivity index (χ0n) is 11.1. The van der Waals surface area contributed by atoms with E-state index in [1.165, 1.54) is 0 Å². The topological polar surface area (TPSA) is 46.6 Å². The number of ketones is 1. The van der Waals surface area contributed by atoms with Crippen LogP contribution in [0.2, 0.25) is 0 Å². The average Bonchev–Trinajstić information content (AvgIpc) is 2.77. The third kappa shape index (κ3) is 3.06. The molecule has 2 heterocycles. The van der Waals surface area contributed by atoms with Gasteiger partial charge in [-0.1, -0.05) is 13.8 Å². The van der Waals surface area contributed by atoms with Gasteiger partial charge >= 0.3 is 5.97 Å². The number of carbonyl (C=O) groups is 2. The van der Waals surface area contributed by atoms with Crippen LogP contribution in [0.3, 0.4) is 0 Å². The van der Waals surface area contributed by atoms with Crippen molar-refractivity contribution in [2.45, 2.75) is 58.5 Å². The smallest absolute Gasteiger partial charge is 0.323 e. The van der Waals surface area contributed by atoms with Crippen molar-refractivity contribution in [3.63, 3.8) is 0 Å². The summed E-state index contributed by atoms with van der Waals surface area (Å²) in [4.78, 5) is 25.3. The zero-order valence-corrected chi connectivity index (χ0v) is 11.1. The lowest BCUT2D eigenvalue weighted by atomic mass is 10.0. The maximum absolute atomic E-state index is 11.6. The summed E-state index contributed by atoms with van der Waals surface area (Å²) in [5, 5.41) is 0. The molecule has 0 aromatic carbocycles. The standard InChI is InChI=1S/C11H17NO3.C2H6/c1-2-15-11(14)9-6-5-8-10(13)4-3-7-12(8)9;1-2/h8-9H,2-7H2,1H3;1-2H3. The van der Waals surface area contributed by atoms with Crippen LogP contribution in [0.15, 0.2) is 0 Å². The van der Waals surface area contributed by atoms with Gasteiger partial charge in [-0.25, -0.2) is 0 Å². The van der Waals surface area contributed by atoms with Crippen LogP contribution < -0.4 is 0 Å². The van der Waals surface area contributed by atoms with Crippen LogP contribution in [-0.4, -0.2) is 41.9 Å². The zero-order chi connectivity index (χ0) is 12.8. The van der Waals surface area contributed by atoms with Crippen LogP contribution in [0, 0.1) is 0 Å². The third-order valence-corrected chi connectivity index (χ3v) is 3.28. The molecule has 0 aliphatic carbocycles. The van der Waals surface area contributed by atoms with E-state index in [1.807, 2.05) is 25.7 Å². The molecule has 2 fully saturated rings. The Morgan fingerprint density at radius 3 is 2.76 bits per heavy atom. The molecule has 0 N–H and O–H groups in total. The van der Waals surface area contributed by atoms with Gasteiger partial charge < -0.3 is 4.74 Å². The molecule has 2 saturated heterocycles. The summed E-state index contributed by atoms with van der Waals surface area (Å²) in [7, 11) is 0. The monoisotopic (exact) mass is 241 g/mol. The minimum Gasteiger partial charge on any atom is -0.465 e. The largest absolute Gasteiger partial charge is 0.465 e. The number of nitrogens with zero attached hydrogens (tertiary/aromatic N) is 1. The summed E-state index contributed by atoms with van der Waals surface area (Å²) in [6, 6.07) is -0.174. The van der Waals surface area contributed by atoms with E-state index in [0.717, 1.165) is 25.8 Å². The SMILES string of the molecule is CC.CCOC(=O)C1CCC2C(=O)CCCN21. The quantitative estimate of drug-likeness (QED) is 0.691. The van der Waals surface area contributed by atoms with E-state index in [2.05, 4.69) is 0 Å². The van der Waals surface area contributed by atoms with Crippen molar-refractivity contribution in [3.8, 4) is 0 Å². The van der Waals surface area contributed by atoms with Crippen LogP contribution >= 0.6 is 0 Å². The highest BCUT2D eigenvalue weighted by Gasteiger charge is 2.43. The molecule has 2 aliphatic rings. The molecular formula is C13H23NO3. The molecule has 0 bridgehead atoms. The summed E-state index contributed by atoms with van der Waals surface area (Å²) >= 11 is 0. The number of esters is 1. The number of hydrogen-bond acceptors (Lipinski definition) is 4. The van der Waals surface area contributed by atoms with Crippen LogP contribution in [0.1, 0.15) is 46.5 Å². The van der Waals surface area contributed by atoms with E-state index in [1.54, 1.807) is 0 Å². The van der Waals surface area contributed by atoms with E-state index in [4.69, 9.17) is 4.74 Å². The van der Waals surface area contributed by atoms with Crippen molar-refractivity contribution in [1.29, 1.82) is 0 Å². The molecular weight excluding hydrogens is 218 g/mol. The normalized spacial score (nSPS) is 28.1. The maximum Gasteiger partial charge on any atom is 0.323 e. The van der Waals surface area contributed by atoms with Gasteiger partial charge in [-0.2, -0.15) is 0 Å². The van der Waals surface area contributed by atoms with Crippen molar-refractivity contribution in [1.82, 2.24) is 4.90 Å². The Bertz CT molecular complexity index is 278. The second kappa shape index (κ2) is 6.74. The van der Waals surface area contributed by atoms with Gasteiger partial charge in [0.2, 0.25) is 0 Å². The van der Waals surface area contributed by atoms with Crippen LogP contribution in [0.25, 0.3) is 0 Å². The Hall–Kier alpha value is -0.900. The number of piperidine rings is 1. The van der Waals surface area contributed by atoms with E-state index in [0.29, 0.717) is 18.8 Å². The maximum atomic E-state index is 11.6. The van der Waals surface area contributed by atoms with E-state index < -0.39 is 0 Å². The highest BCUT2D eigenvalue weighted by atomic mass is 16.5. The molecule has 4 nitrogen and oxygen atoms in total. The Kier molecular flexibility index (Phi) is 5.62. The predicted molar refractivity (Wildman–Crippen MR) is 65.7 cm³/mol. The Labute approximate surface area is 103 Å². The molecule has 0 aromatic heterocycles. The first-order valence-corrected chi connectivity index (χ1v) is 6.69. The Morgan fingerprint density at radius 2 is 2.12 bits per heavy atom. The van der Waals surface area contributed by atoms with Crippen molar-refractivity contribution < 1.29 is 14.3 Å². The van der Waals surface area contributed by atoms with E-state index in [-0.39, 0.29) is 18.1 Å². The van der Waals surface area contributed by atoms with Crippen LogP contribution in [0.5, 0.6) is 0 Å². The minimum absolute atomic E-state index is 0.00634. The fraction of sp³-hybridized carbons (Fsp3) is 0.846. The lowest BCUT2D eigenvalue weighted by molar-refractivity contribution is -0.149. The molecule has 0 aromatic rings. The van der Waals surface area contributed by atoms with Gasteiger partial charge in [-0.15, -0.1) is 0 Å². The van der Waals surface area contributed by atoms with Crippen molar-refractivity contribution in [2.75, 3.05) is 13.2 Å². The molecule has 0 spiro atoms. The van der Waals surface area contributed by atoms with Gasteiger partial charge in [0.25, 0.3) is 0 Å². The molecule has 98 valence electrons. The fourth-order valence-corrected chi connectivity index (χ4v) is 2.62. The number of carbonyl (C=O) groups excluding carboxylic acids is 2. The van der Waals surface area contributed by atoms with Crippen LogP contribution in [-0.2, 0) is 14.3 Å². The first kappa shape index (κ1) is 14.2. The number of rotatable bonds is 2. The molecule has 2 atom stereocenters. The summed E-state index contributed by atoms with van der Waals surface area (Å²) in [5.41, 5.74) is 0. The second-order valence-corrected chi connectivity index (χ2v) is 4.17. The number of Topliss-reactive ketones (excluding diaryl/α,β-unsaturated/α-hetero) is 1. The molecule has 2 aliphatic heterocycles. The van der Waals surface area contributed by atoms with Gasteiger partial charge in [0.15, 0.2) is 0 Å². The second-order valence-electron chi connectivity index (χ2n) is 4.17. The van der Waals surface area contributed by atoms with Gasteiger partial charge in [-0.3, -0.25) is 14.5 Å². The molecule has 0 saturated carbocycles. The van der Waals surface area contributed by atoms with Crippen LogP contribution in [0.4, 0.5) is 0 Å². The molecule has 2 rings (SSSR count). The number of ether oxygens (including phenoxy) is 1. The first-order valence-electron chi connectivity index (χ1n) is 6.69. The lowest BCUT2D eigenvalue weighted by Gasteiger charge is -2.31. The van der Waals surface area contributed by atoms with Gasteiger partial charge in [0.1, 0.15) is 11.8 Å². The van der Waals surface area contributed by atoms with Crippen molar-refractivity contribution >= 4 is 11.8 Å². The fourth-order valence-electron chi connectivity index (χ4n) is 2.62. The van der Waals surface area contributed by atoms with Crippen molar-refractivity contribution in [3.05, 3.63) is 0 Å². The molecule has 17 heavy (non-hydrogen) atoms. The first-order chi connectivity index (χ1) is 8.24. The molecule has 0 radical (unpaired) electrons. The summed E-state index contributed by atoms with van der Waals surface area (Å²) < 4.78 is 5.02. The predicted octanol–water partition coefficient (Wildman–Crippen LogP) is 1.77. The average molecular weight is 241 g/mol. The highest BCUT2D eigenvalue weighted by Crippen LogP contribution is 2.30. The highest BCUT2D eigenvalue weighted by molar-refractivity contribution is 5.87. The van der Waals surface area contributed by atoms with Gasteiger partial charge in [0.05, 0.1) is 12.6 Å². The number of hydrogen-bond donors (Lipinski definition) is 0. The lowest BCUT2D eigenvalue weighted by Crippen LogP contribution is -2.48. The molecule has 4 heteroatoms. The Balaban J connectivity index is 0.000000686. The summed E-state index contributed by atoms with van der Waals surface area (Å²) in [6.07, 6.45) is 3.15. The Morgan fingerprint density at radius 1 is 1.41 bits per heavy atom. The molecule has 0 amide bonds. The molecule has 2 unspecified atom stereocenters. The van der Waals surface area contributed by atoms with Crippen molar-refractivity contribution in [2.24, 2.45) is 0 Å². The van der Waals surface area contributed by atoms with Gasteiger partial charge in [0, 0.05) is 13.0 Å². The summed E-state index contributed by atoms with van der Waals surface area (Å²) in [6.45, 7) is 7.09. The van der Waals surface area contributed by atoms with Gasteiger partial charge in [-0.05, 0) is 26.2 Å². The minimum atomic E-state index is -0.167. The third-order valence-electron chi connectivity index (χ3n) is 3.28. The summed E-state index contributed by atoms with van der Waals surface area (Å²) in [5.74, 6) is 0.141.